The van der Waals surface area contributed by atoms with Crippen molar-refractivity contribution in [1.29, 1.82) is 0 Å². The Kier molecular flexibility index (Phi) is 5.00. The monoisotopic (exact) mass is 304 g/mol. The first-order valence-corrected chi connectivity index (χ1v) is 6.80. The van der Waals surface area contributed by atoms with Crippen LogP contribution in [-0.2, 0) is 10.9 Å². The zero-order valence-electron chi connectivity index (χ0n) is 11.8. The first-order chi connectivity index (χ1) is 9.95. The van der Waals surface area contributed by atoms with E-state index >= 15 is 0 Å². The maximum Gasteiger partial charge on any atom is 0.435 e. The molecule has 8 heteroatoms. The summed E-state index contributed by atoms with van der Waals surface area (Å²) < 4.78 is 42.5. The van der Waals surface area contributed by atoms with Crippen LogP contribution in [0.3, 0.4) is 0 Å². The first-order valence-electron chi connectivity index (χ1n) is 6.80. The van der Waals surface area contributed by atoms with Gasteiger partial charge in [-0.05, 0) is 38.1 Å². The van der Waals surface area contributed by atoms with Gasteiger partial charge < -0.3 is 15.4 Å². The number of piperidine rings is 1. The molecule has 1 fully saturated rings. The average molecular weight is 304 g/mol. The summed E-state index contributed by atoms with van der Waals surface area (Å²) in [6.45, 7) is 3.02. The lowest BCUT2D eigenvalue weighted by atomic mass is 9.79. The molecule has 2 N–H and O–H groups in total. The second-order valence-electron chi connectivity index (χ2n) is 5.34. The Bertz CT molecular complexity index is 438. The van der Waals surface area contributed by atoms with Gasteiger partial charge in [0.15, 0.2) is 5.69 Å². The molecule has 21 heavy (non-hydrogen) atoms. The molecule has 1 aromatic rings. The Morgan fingerprint density at radius 3 is 2.52 bits per heavy atom. The second-order valence-corrected chi connectivity index (χ2v) is 5.34. The van der Waals surface area contributed by atoms with Crippen molar-refractivity contribution in [2.45, 2.75) is 19.0 Å². The minimum atomic E-state index is -4.46. The Hall–Kier alpha value is -1.41. The van der Waals surface area contributed by atoms with Crippen LogP contribution in [0.2, 0.25) is 0 Å². The Morgan fingerprint density at radius 2 is 2.00 bits per heavy atom. The quantitative estimate of drug-likeness (QED) is 0.870. The maximum absolute atomic E-state index is 12.4. The average Bonchev–Trinajstić information content (AvgIpc) is 2.46. The molecule has 2 rings (SSSR count). The smallest absolute Gasteiger partial charge is 0.384 e. The highest BCUT2D eigenvalue weighted by atomic mass is 19.4. The molecule has 1 aliphatic heterocycles. The van der Waals surface area contributed by atoms with Crippen LogP contribution >= 0.6 is 0 Å². The Morgan fingerprint density at radius 1 is 1.29 bits per heavy atom. The molecule has 0 bridgehead atoms. The molecule has 0 atom stereocenters. The van der Waals surface area contributed by atoms with Gasteiger partial charge in [0.1, 0.15) is 5.82 Å². The van der Waals surface area contributed by atoms with Gasteiger partial charge in [-0.3, -0.25) is 0 Å². The fourth-order valence-corrected chi connectivity index (χ4v) is 2.49. The standard InChI is InChI=1S/C13H19F3N4O/c1-21-9-12(4-6-17-7-5-12)8-18-11-3-2-10(19-20-11)13(14,15)16/h2-3,17H,4-9H2,1H3,(H,18,20). The van der Waals surface area contributed by atoms with Crippen LogP contribution in [0.5, 0.6) is 0 Å². The van der Waals surface area contributed by atoms with E-state index < -0.39 is 11.9 Å². The summed E-state index contributed by atoms with van der Waals surface area (Å²) >= 11 is 0. The van der Waals surface area contributed by atoms with Crippen molar-refractivity contribution in [2.24, 2.45) is 5.41 Å². The summed E-state index contributed by atoms with van der Waals surface area (Å²) in [6, 6.07) is 2.23. The molecule has 1 aromatic heterocycles. The van der Waals surface area contributed by atoms with Gasteiger partial charge >= 0.3 is 6.18 Å². The van der Waals surface area contributed by atoms with E-state index in [1.807, 2.05) is 0 Å². The van der Waals surface area contributed by atoms with Crippen molar-refractivity contribution in [3.63, 3.8) is 0 Å². The fraction of sp³-hybridized carbons (Fsp3) is 0.692. The van der Waals surface area contributed by atoms with Crippen molar-refractivity contribution in [3.05, 3.63) is 17.8 Å². The second kappa shape index (κ2) is 6.57. The Balaban J connectivity index is 1.97. The highest BCUT2D eigenvalue weighted by Crippen LogP contribution is 2.30. The third-order valence-corrected chi connectivity index (χ3v) is 3.71. The van der Waals surface area contributed by atoms with E-state index in [0.29, 0.717) is 19.0 Å². The lowest BCUT2D eigenvalue weighted by molar-refractivity contribution is -0.141. The summed E-state index contributed by atoms with van der Waals surface area (Å²) in [7, 11) is 1.65. The molecular formula is C13H19F3N4O. The van der Waals surface area contributed by atoms with Crippen LogP contribution in [0.4, 0.5) is 19.0 Å². The predicted octanol–water partition coefficient (Wildman–Crippen LogP) is 1.92. The number of ether oxygens (including phenoxy) is 1. The van der Waals surface area contributed by atoms with Crippen LogP contribution in [-0.4, -0.2) is 43.5 Å². The highest BCUT2D eigenvalue weighted by molar-refractivity contribution is 5.33. The predicted molar refractivity (Wildman–Crippen MR) is 71.9 cm³/mol. The molecule has 0 aromatic carbocycles. The summed E-state index contributed by atoms with van der Waals surface area (Å²) in [5, 5.41) is 13.1. The molecule has 0 saturated carbocycles. The van der Waals surface area contributed by atoms with E-state index in [-0.39, 0.29) is 5.41 Å². The van der Waals surface area contributed by atoms with Crippen molar-refractivity contribution in [2.75, 3.05) is 38.7 Å². The van der Waals surface area contributed by atoms with Crippen LogP contribution in [0.25, 0.3) is 0 Å². The van der Waals surface area contributed by atoms with E-state index in [9.17, 15) is 13.2 Å². The molecule has 0 aliphatic carbocycles. The van der Waals surface area contributed by atoms with Crippen molar-refractivity contribution in [3.8, 4) is 0 Å². The van der Waals surface area contributed by atoms with E-state index in [2.05, 4.69) is 20.8 Å². The number of alkyl halides is 3. The third kappa shape index (κ3) is 4.28. The SMILES string of the molecule is COCC1(CNc2ccc(C(F)(F)F)nn2)CCNCC1. The zero-order chi connectivity index (χ0) is 15.3. The summed E-state index contributed by atoms with van der Waals surface area (Å²) in [4.78, 5) is 0. The lowest BCUT2D eigenvalue weighted by Gasteiger charge is -2.37. The van der Waals surface area contributed by atoms with Crippen LogP contribution in [0.15, 0.2) is 12.1 Å². The molecule has 1 aliphatic rings. The first kappa shape index (κ1) is 16.0. The topological polar surface area (TPSA) is 59.1 Å². The van der Waals surface area contributed by atoms with Gasteiger partial charge in [-0.15, -0.1) is 10.2 Å². The van der Waals surface area contributed by atoms with Gasteiger partial charge in [-0.25, -0.2) is 0 Å². The fourth-order valence-electron chi connectivity index (χ4n) is 2.49. The number of halogens is 3. The molecule has 0 radical (unpaired) electrons. The minimum absolute atomic E-state index is 0.0234. The van der Waals surface area contributed by atoms with Crippen LogP contribution in [0.1, 0.15) is 18.5 Å². The Labute approximate surface area is 121 Å². The molecule has 5 nitrogen and oxygen atoms in total. The summed E-state index contributed by atoms with van der Waals surface area (Å²) in [5.41, 5.74) is -1.01. The number of anilines is 1. The van der Waals surface area contributed by atoms with Gasteiger partial charge in [-0.2, -0.15) is 13.2 Å². The number of hydrogen-bond donors (Lipinski definition) is 2. The number of nitrogens with zero attached hydrogens (tertiary/aromatic N) is 2. The lowest BCUT2D eigenvalue weighted by Crippen LogP contribution is -2.44. The number of aromatic nitrogens is 2. The molecule has 2 heterocycles. The highest BCUT2D eigenvalue weighted by Gasteiger charge is 2.34. The molecule has 0 amide bonds. The summed E-state index contributed by atoms with van der Waals surface area (Å²) in [5.74, 6) is 0.344. The summed E-state index contributed by atoms with van der Waals surface area (Å²) in [6.07, 6.45) is -2.57. The molecule has 0 spiro atoms. The number of methoxy groups -OCH3 is 1. The van der Waals surface area contributed by atoms with Crippen molar-refractivity contribution >= 4 is 5.82 Å². The van der Waals surface area contributed by atoms with Gasteiger partial charge in [0.05, 0.1) is 6.61 Å². The number of rotatable bonds is 5. The van der Waals surface area contributed by atoms with E-state index in [4.69, 9.17) is 4.74 Å². The van der Waals surface area contributed by atoms with Gasteiger partial charge in [-0.1, -0.05) is 0 Å². The van der Waals surface area contributed by atoms with Crippen molar-refractivity contribution in [1.82, 2.24) is 15.5 Å². The molecule has 1 saturated heterocycles. The molecule has 118 valence electrons. The van der Waals surface area contributed by atoms with E-state index in [1.54, 1.807) is 7.11 Å². The third-order valence-electron chi connectivity index (χ3n) is 3.71. The largest absolute Gasteiger partial charge is 0.435 e. The normalized spacial score (nSPS) is 18.5. The van der Waals surface area contributed by atoms with Gasteiger partial charge in [0, 0.05) is 19.1 Å². The van der Waals surface area contributed by atoms with Gasteiger partial charge in [0.25, 0.3) is 0 Å². The number of nitrogens with one attached hydrogen (secondary N) is 2. The van der Waals surface area contributed by atoms with Crippen LogP contribution in [0, 0.1) is 5.41 Å². The molecule has 0 unspecified atom stereocenters. The minimum Gasteiger partial charge on any atom is -0.384 e. The maximum atomic E-state index is 12.4. The van der Waals surface area contributed by atoms with E-state index in [1.165, 1.54) is 6.07 Å². The van der Waals surface area contributed by atoms with E-state index in [0.717, 1.165) is 32.0 Å². The van der Waals surface area contributed by atoms with Crippen molar-refractivity contribution < 1.29 is 17.9 Å². The van der Waals surface area contributed by atoms with Crippen LogP contribution < -0.4 is 10.6 Å². The molecular weight excluding hydrogens is 285 g/mol. The number of hydrogen-bond acceptors (Lipinski definition) is 5. The van der Waals surface area contributed by atoms with Gasteiger partial charge in [0.2, 0.25) is 0 Å². The zero-order valence-corrected chi connectivity index (χ0v) is 11.8.